The molecule has 4 N–H and O–H groups in total. The number of amides is 1. The third-order valence-electron chi connectivity index (χ3n) is 6.77. The molecule has 0 saturated carbocycles. The van der Waals surface area contributed by atoms with Gasteiger partial charge in [0, 0.05) is 36.7 Å². The van der Waals surface area contributed by atoms with Gasteiger partial charge in [0.2, 0.25) is 5.91 Å². The Morgan fingerprint density at radius 3 is 2.56 bits per heavy atom. The number of hydrogen-bond acceptors (Lipinski definition) is 7. The minimum Gasteiger partial charge on any atom is -0.481 e. The molecule has 2 aliphatic heterocycles. The van der Waals surface area contributed by atoms with Crippen molar-refractivity contribution in [1.82, 2.24) is 4.90 Å². The van der Waals surface area contributed by atoms with Crippen LogP contribution in [0.1, 0.15) is 61.2 Å². The van der Waals surface area contributed by atoms with Crippen LogP contribution < -0.4 is 5.32 Å². The molecule has 9 nitrogen and oxygen atoms in total. The Bertz CT molecular complexity index is 1030. The van der Waals surface area contributed by atoms with Gasteiger partial charge >= 0.3 is 5.97 Å². The highest BCUT2D eigenvalue weighted by atomic mass is 16.7. The molecule has 0 aliphatic carbocycles. The van der Waals surface area contributed by atoms with Gasteiger partial charge in [0.05, 0.1) is 31.8 Å². The van der Waals surface area contributed by atoms with Gasteiger partial charge in [-0.2, -0.15) is 0 Å². The van der Waals surface area contributed by atoms with Crippen LogP contribution in [0.3, 0.4) is 0 Å². The second-order valence-corrected chi connectivity index (χ2v) is 9.39. The Kier molecular flexibility index (Phi) is 9.06. The molecular formula is C27H34N2O7. The molecule has 4 rings (SSSR count). The monoisotopic (exact) mass is 498 g/mol. The number of benzene rings is 2. The number of carboxylic acid groups (broad SMARTS) is 1. The highest BCUT2D eigenvalue weighted by molar-refractivity contribution is 5.92. The van der Waals surface area contributed by atoms with Gasteiger partial charge in [0.15, 0.2) is 6.29 Å². The molecule has 36 heavy (non-hydrogen) atoms. The van der Waals surface area contributed by atoms with Crippen LogP contribution in [0, 0.1) is 0 Å². The SMILES string of the molecule is O=C(O)CCC(=O)Nc1cccc([C@H]2O[C@@H](CN3CCC[C@H]3CO)C[C@@H](c3ccc(CO)cc3)O2)c1. The highest BCUT2D eigenvalue weighted by Gasteiger charge is 2.35. The van der Waals surface area contributed by atoms with E-state index in [1.165, 1.54) is 0 Å². The smallest absolute Gasteiger partial charge is 0.303 e. The summed E-state index contributed by atoms with van der Waals surface area (Å²) in [7, 11) is 0. The topological polar surface area (TPSA) is 129 Å². The largest absolute Gasteiger partial charge is 0.481 e. The number of hydrogen-bond donors (Lipinski definition) is 4. The third kappa shape index (κ3) is 6.89. The van der Waals surface area contributed by atoms with E-state index in [2.05, 4.69) is 10.2 Å². The third-order valence-corrected chi connectivity index (χ3v) is 6.77. The first-order valence-corrected chi connectivity index (χ1v) is 12.4. The molecule has 2 heterocycles. The molecule has 1 amide bonds. The number of nitrogens with one attached hydrogen (secondary N) is 1. The van der Waals surface area contributed by atoms with E-state index < -0.39 is 12.3 Å². The van der Waals surface area contributed by atoms with E-state index in [0.717, 1.165) is 36.1 Å². The average molecular weight is 499 g/mol. The molecule has 0 spiro atoms. The number of carboxylic acids is 1. The van der Waals surface area contributed by atoms with E-state index in [1.807, 2.05) is 30.3 Å². The maximum absolute atomic E-state index is 12.1. The van der Waals surface area contributed by atoms with Gasteiger partial charge in [-0.15, -0.1) is 0 Å². The number of aliphatic hydroxyl groups excluding tert-OH is 2. The standard InChI is InChI=1S/C27H34N2O7/c30-16-18-6-8-19(9-7-18)24-14-23(15-29-12-2-5-22(29)17-31)35-27(36-24)20-3-1-4-21(13-20)28-25(32)10-11-26(33)34/h1,3-4,6-9,13,22-24,27,30-31H,2,5,10-12,14-17H2,(H,28,32)(H,33,34)/t22-,23+,24-,27-/m0/s1. The van der Waals surface area contributed by atoms with E-state index in [0.29, 0.717) is 18.7 Å². The summed E-state index contributed by atoms with van der Waals surface area (Å²) < 4.78 is 12.8. The fraction of sp³-hybridized carbons (Fsp3) is 0.481. The van der Waals surface area contributed by atoms with Gasteiger partial charge in [-0.3, -0.25) is 14.5 Å². The zero-order valence-corrected chi connectivity index (χ0v) is 20.2. The van der Waals surface area contributed by atoms with E-state index in [1.54, 1.807) is 18.2 Å². The molecule has 0 radical (unpaired) electrons. The lowest BCUT2D eigenvalue weighted by atomic mass is 9.99. The Balaban J connectivity index is 1.52. The fourth-order valence-electron chi connectivity index (χ4n) is 4.84. The average Bonchev–Trinajstić information content (AvgIpc) is 3.34. The predicted molar refractivity (Wildman–Crippen MR) is 132 cm³/mol. The lowest BCUT2D eigenvalue weighted by Crippen LogP contribution is -2.42. The van der Waals surface area contributed by atoms with Crippen molar-refractivity contribution in [2.45, 2.75) is 63.3 Å². The van der Waals surface area contributed by atoms with Crippen molar-refractivity contribution in [3.63, 3.8) is 0 Å². The van der Waals surface area contributed by atoms with Crippen molar-refractivity contribution in [3.05, 3.63) is 65.2 Å². The number of rotatable bonds is 10. The molecule has 2 fully saturated rings. The van der Waals surface area contributed by atoms with Gasteiger partial charge in [0.1, 0.15) is 0 Å². The molecule has 2 aromatic rings. The lowest BCUT2D eigenvalue weighted by molar-refractivity contribution is -0.253. The highest BCUT2D eigenvalue weighted by Crippen LogP contribution is 2.39. The van der Waals surface area contributed by atoms with Crippen molar-refractivity contribution in [3.8, 4) is 0 Å². The van der Waals surface area contributed by atoms with Crippen molar-refractivity contribution in [2.24, 2.45) is 0 Å². The van der Waals surface area contributed by atoms with E-state index in [9.17, 15) is 19.8 Å². The Morgan fingerprint density at radius 2 is 1.83 bits per heavy atom. The molecule has 2 aliphatic rings. The van der Waals surface area contributed by atoms with Crippen LogP contribution >= 0.6 is 0 Å². The van der Waals surface area contributed by atoms with Crippen LogP contribution in [-0.4, -0.2) is 63.9 Å². The number of ether oxygens (including phenoxy) is 2. The Hall–Kier alpha value is -2.82. The zero-order chi connectivity index (χ0) is 25.5. The first-order chi connectivity index (χ1) is 17.4. The Labute approximate surface area is 210 Å². The second-order valence-electron chi connectivity index (χ2n) is 9.39. The molecule has 2 aromatic carbocycles. The fourth-order valence-corrected chi connectivity index (χ4v) is 4.84. The van der Waals surface area contributed by atoms with Crippen molar-refractivity contribution < 1.29 is 34.4 Å². The molecule has 0 aromatic heterocycles. The number of aliphatic hydroxyl groups is 2. The van der Waals surface area contributed by atoms with Crippen LogP contribution in [0.2, 0.25) is 0 Å². The minimum atomic E-state index is -1.02. The van der Waals surface area contributed by atoms with Gasteiger partial charge in [-0.25, -0.2) is 0 Å². The van der Waals surface area contributed by atoms with Gasteiger partial charge in [-0.1, -0.05) is 36.4 Å². The Morgan fingerprint density at radius 1 is 1.03 bits per heavy atom. The van der Waals surface area contributed by atoms with Crippen LogP contribution in [0.15, 0.2) is 48.5 Å². The molecule has 4 atom stereocenters. The molecule has 2 saturated heterocycles. The predicted octanol–water partition coefficient (Wildman–Crippen LogP) is 2.98. The van der Waals surface area contributed by atoms with Crippen LogP contribution in [0.4, 0.5) is 5.69 Å². The summed E-state index contributed by atoms with van der Waals surface area (Å²) in [6, 6.07) is 15.0. The second kappa shape index (κ2) is 12.4. The first-order valence-electron chi connectivity index (χ1n) is 12.4. The van der Waals surface area contributed by atoms with Crippen LogP contribution in [0.25, 0.3) is 0 Å². The van der Waals surface area contributed by atoms with Crippen LogP contribution in [-0.2, 0) is 25.7 Å². The molecule has 194 valence electrons. The number of nitrogens with zero attached hydrogens (tertiary/aromatic N) is 1. The number of carbonyl (C=O) groups is 2. The minimum absolute atomic E-state index is 0.0251. The summed E-state index contributed by atoms with van der Waals surface area (Å²) in [6.07, 6.45) is 1.30. The number of carbonyl (C=O) groups excluding carboxylic acids is 1. The quantitative estimate of drug-likeness (QED) is 0.394. The number of aliphatic carboxylic acids is 1. The summed E-state index contributed by atoms with van der Waals surface area (Å²) in [4.78, 5) is 25.1. The van der Waals surface area contributed by atoms with E-state index in [-0.39, 0.29) is 50.2 Å². The van der Waals surface area contributed by atoms with Gasteiger partial charge in [0.25, 0.3) is 0 Å². The number of likely N-dealkylation sites (tertiary alicyclic amines) is 1. The lowest BCUT2D eigenvalue weighted by Gasteiger charge is -2.38. The number of anilines is 1. The van der Waals surface area contributed by atoms with Crippen molar-refractivity contribution in [1.29, 1.82) is 0 Å². The van der Waals surface area contributed by atoms with Crippen molar-refractivity contribution >= 4 is 17.6 Å². The maximum atomic E-state index is 12.1. The molecule has 0 bridgehead atoms. The summed E-state index contributed by atoms with van der Waals surface area (Å²) in [6.45, 7) is 1.71. The summed E-state index contributed by atoms with van der Waals surface area (Å²) in [5.74, 6) is -1.39. The first kappa shape index (κ1) is 26.2. The van der Waals surface area contributed by atoms with Gasteiger partial charge < -0.3 is 30.1 Å². The zero-order valence-electron chi connectivity index (χ0n) is 20.2. The molecular weight excluding hydrogens is 464 g/mol. The van der Waals surface area contributed by atoms with E-state index >= 15 is 0 Å². The summed E-state index contributed by atoms with van der Waals surface area (Å²) in [5.41, 5.74) is 3.10. The normalized spacial score (nSPS) is 24.5. The van der Waals surface area contributed by atoms with Gasteiger partial charge in [-0.05, 0) is 42.6 Å². The molecule has 9 heteroatoms. The summed E-state index contributed by atoms with van der Waals surface area (Å²) >= 11 is 0. The maximum Gasteiger partial charge on any atom is 0.303 e. The summed E-state index contributed by atoms with van der Waals surface area (Å²) in [5, 5.41) is 30.7. The molecule has 0 unspecified atom stereocenters. The van der Waals surface area contributed by atoms with Crippen LogP contribution in [0.5, 0.6) is 0 Å². The van der Waals surface area contributed by atoms with E-state index in [4.69, 9.17) is 14.6 Å². The van der Waals surface area contributed by atoms with Crippen molar-refractivity contribution in [2.75, 3.05) is 25.0 Å².